The molecule has 1 aliphatic rings. The molecule has 0 spiro atoms. The number of hydrogen-bond acceptors (Lipinski definition) is 6. The van der Waals surface area contributed by atoms with Gasteiger partial charge in [-0.3, -0.25) is 4.79 Å². The molecule has 2 aromatic carbocycles. The molecule has 1 aromatic heterocycles. The number of rotatable bonds is 6. The molecule has 31 heavy (non-hydrogen) atoms. The molecule has 0 N–H and O–H groups in total. The van der Waals surface area contributed by atoms with Crippen molar-refractivity contribution in [3.63, 3.8) is 0 Å². The summed E-state index contributed by atoms with van der Waals surface area (Å²) >= 11 is 0. The predicted octanol–water partition coefficient (Wildman–Crippen LogP) is 1.30. The van der Waals surface area contributed by atoms with E-state index in [-0.39, 0.29) is 23.9 Å². The van der Waals surface area contributed by atoms with Crippen molar-refractivity contribution in [3.8, 4) is 0 Å². The third kappa shape index (κ3) is 4.64. The van der Waals surface area contributed by atoms with Crippen LogP contribution in [0.3, 0.4) is 0 Å². The average Bonchev–Trinajstić information content (AvgIpc) is 3.33. The Labute approximate surface area is 181 Å². The Hall–Kier alpha value is -3.11. The molecule has 0 radical (unpaired) electrons. The zero-order valence-electron chi connectivity index (χ0n) is 17.2. The maximum Gasteiger partial charge on any atom is 0.248 e. The first-order valence-corrected chi connectivity index (χ1v) is 11.5. The highest BCUT2D eigenvalue weighted by Gasteiger charge is 2.33. The zero-order valence-corrected chi connectivity index (χ0v) is 18.0. The third-order valence-electron chi connectivity index (χ3n) is 5.45. The van der Waals surface area contributed by atoms with Crippen LogP contribution in [0.4, 0.5) is 0 Å². The number of hydrogen-bond donors (Lipinski definition) is 0. The first-order valence-electron chi connectivity index (χ1n) is 10.1. The summed E-state index contributed by atoms with van der Waals surface area (Å²) in [5, 5.41) is 11.3. The van der Waals surface area contributed by atoms with Crippen LogP contribution < -0.4 is 0 Å². The quantitative estimate of drug-likeness (QED) is 0.573. The van der Waals surface area contributed by atoms with Gasteiger partial charge in [0.25, 0.3) is 0 Å². The van der Waals surface area contributed by atoms with Crippen LogP contribution in [0.25, 0.3) is 0 Å². The van der Waals surface area contributed by atoms with Crippen molar-refractivity contribution in [2.24, 2.45) is 0 Å². The van der Waals surface area contributed by atoms with Crippen molar-refractivity contribution >= 4 is 15.9 Å². The van der Waals surface area contributed by atoms with Crippen LogP contribution in [0, 0.1) is 6.92 Å². The molecule has 3 aromatic rings. The van der Waals surface area contributed by atoms with E-state index in [1.165, 1.54) is 15.3 Å². The molecule has 9 nitrogen and oxygen atoms in total. The molecule has 1 amide bonds. The Morgan fingerprint density at radius 1 is 1.00 bits per heavy atom. The van der Waals surface area contributed by atoms with Crippen molar-refractivity contribution in [1.82, 2.24) is 29.4 Å². The van der Waals surface area contributed by atoms with Gasteiger partial charge in [-0.25, -0.2) is 13.1 Å². The molecule has 1 atom stereocenters. The van der Waals surface area contributed by atoms with Crippen molar-refractivity contribution in [3.05, 3.63) is 72.1 Å². The lowest BCUT2D eigenvalue weighted by Gasteiger charge is -2.35. The van der Waals surface area contributed by atoms with Crippen molar-refractivity contribution in [2.45, 2.75) is 24.3 Å². The second kappa shape index (κ2) is 8.94. The SMILES string of the molecule is Cc1ccc(S(=O)(=O)N2CCN(C(=O)C(Cc3ccccc3)n3cnnn3)CC2)cc1. The number of carbonyl (C=O) groups is 1. The number of tetrazole rings is 1. The van der Waals surface area contributed by atoms with E-state index in [9.17, 15) is 13.2 Å². The van der Waals surface area contributed by atoms with Crippen LogP contribution in [0.15, 0.2) is 65.8 Å². The van der Waals surface area contributed by atoms with E-state index < -0.39 is 16.1 Å². The van der Waals surface area contributed by atoms with Crippen LogP contribution in [0.2, 0.25) is 0 Å². The predicted molar refractivity (Wildman–Crippen MR) is 114 cm³/mol. The fourth-order valence-corrected chi connectivity index (χ4v) is 5.08. The van der Waals surface area contributed by atoms with Crippen LogP contribution in [0.1, 0.15) is 17.2 Å². The van der Waals surface area contributed by atoms with E-state index in [0.717, 1.165) is 11.1 Å². The second-order valence-electron chi connectivity index (χ2n) is 7.54. The Balaban J connectivity index is 1.46. The second-order valence-corrected chi connectivity index (χ2v) is 9.48. The number of sulfonamides is 1. The topological polar surface area (TPSA) is 101 Å². The number of benzene rings is 2. The van der Waals surface area contributed by atoms with E-state index in [0.29, 0.717) is 19.5 Å². The molecule has 1 aliphatic heterocycles. The standard InChI is InChI=1S/C21H24N6O3S/c1-17-7-9-19(10-8-17)31(29,30)26-13-11-25(12-14-26)21(28)20(27-16-22-23-24-27)15-18-5-3-2-4-6-18/h2-10,16,20H,11-15H2,1H3. The van der Waals surface area contributed by atoms with Crippen molar-refractivity contribution in [2.75, 3.05) is 26.2 Å². The minimum atomic E-state index is -3.58. The lowest BCUT2D eigenvalue weighted by atomic mass is 10.0. The van der Waals surface area contributed by atoms with Crippen LogP contribution in [0.5, 0.6) is 0 Å². The molecular formula is C21H24N6O3S. The fourth-order valence-electron chi connectivity index (χ4n) is 3.66. The summed E-state index contributed by atoms with van der Waals surface area (Å²) in [6, 6.07) is 15.9. The normalized spacial score (nSPS) is 16.2. The lowest BCUT2D eigenvalue weighted by Crippen LogP contribution is -2.52. The largest absolute Gasteiger partial charge is 0.338 e. The fraction of sp³-hybridized carbons (Fsp3) is 0.333. The highest BCUT2D eigenvalue weighted by atomic mass is 32.2. The monoisotopic (exact) mass is 440 g/mol. The number of amides is 1. The van der Waals surface area contributed by atoms with Crippen LogP contribution in [-0.2, 0) is 21.2 Å². The number of aromatic nitrogens is 4. The molecule has 0 bridgehead atoms. The van der Waals surface area contributed by atoms with Gasteiger partial charge in [0.15, 0.2) is 0 Å². The Bertz CT molecular complexity index is 1110. The molecule has 4 rings (SSSR count). The zero-order chi connectivity index (χ0) is 21.8. The first kappa shape index (κ1) is 21.1. The Morgan fingerprint density at radius 2 is 1.68 bits per heavy atom. The molecule has 0 saturated carbocycles. The number of aryl methyl sites for hydroxylation is 1. The summed E-state index contributed by atoms with van der Waals surface area (Å²) in [5.41, 5.74) is 2.00. The van der Waals surface area contributed by atoms with Gasteiger partial charge in [0.2, 0.25) is 15.9 Å². The Kier molecular flexibility index (Phi) is 6.10. The van der Waals surface area contributed by atoms with Gasteiger partial charge in [-0.2, -0.15) is 4.31 Å². The summed E-state index contributed by atoms with van der Waals surface area (Å²) in [5.74, 6) is -0.122. The smallest absolute Gasteiger partial charge is 0.248 e. The first-order chi connectivity index (χ1) is 14.9. The number of piperazine rings is 1. The van der Waals surface area contributed by atoms with Gasteiger partial charge >= 0.3 is 0 Å². The minimum Gasteiger partial charge on any atom is -0.338 e. The molecule has 0 aliphatic carbocycles. The maximum absolute atomic E-state index is 13.3. The number of nitrogens with zero attached hydrogens (tertiary/aromatic N) is 6. The van der Waals surface area contributed by atoms with E-state index in [1.807, 2.05) is 37.3 Å². The van der Waals surface area contributed by atoms with Crippen molar-refractivity contribution in [1.29, 1.82) is 0 Å². The Morgan fingerprint density at radius 3 is 2.29 bits per heavy atom. The molecule has 10 heteroatoms. The summed E-state index contributed by atoms with van der Waals surface area (Å²) in [6.45, 7) is 3.04. The highest BCUT2D eigenvalue weighted by molar-refractivity contribution is 7.89. The van der Waals surface area contributed by atoms with Crippen LogP contribution >= 0.6 is 0 Å². The van der Waals surface area contributed by atoms with Gasteiger partial charge in [-0.05, 0) is 35.0 Å². The summed E-state index contributed by atoms with van der Waals surface area (Å²) < 4.78 is 28.8. The third-order valence-corrected chi connectivity index (χ3v) is 7.36. The van der Waals surface area contributed by atoms with E-state index >= 15 is 0 Å². The number of carbonyl (C=O) groups excluding carboxylic acids is 1. The van der Waals surface area contributed by atoms with Gasteiger partial charge in [-0.15, -0.1) is 5.10 Å². The van der Waals surface area contributed by atoms with Gasteiger partial charge in [-0.1, -0.05) is 48.0 Å². The van der Waals surface area contributed by atoms with Crippen LogP contribution in [-0.4, -0.2) is 69.9 Å². The van der Waals surface area contributed by atoms with Gasteiger partial charge < -0.3 is 4.90 Å². The molecule has 162 valence electrons. The lowest BCUT2D eigenvalue weighted by molar-refractivity contribution is -0.136. The summed E-state index contributed by atoms with van der Waals surface area (Å²) in [4.78, 5) is 15.3. The van der Waals surface area contributed by atoms with Crippen molar-refractivity contribution < 1.29 is 13.2 Å². The van der Waals surface area contributed by atoms with E-state index in [4.69, 9.17) is 0 Å². The molecule has 1 unspecified atom stereocenters. The maximum atomic E-state index is 13.3. The van der Waals surface area contributed by atoms with E-state index in [2.05, 4.69) is 15.5 Å². The summed E-state index contributed by atoms with van der Waals surface area (Å²) in [7, 11) is -3.58. The summed E-state index contributed by atoms with van der Waals surface area (Å²) in [6.07, 6.45) is 1.89. The molecule has 1 saturated heterocycles. The minimum absolute atomic E-state index is 0.122. The highest BCUT2D eigenvalue weighted by Crippen LogP contribution is 2.21. The molecule has 2 heterocycles. The molecular weight excluding hydrogens is 416 g/mol. The van der Waals surface area contributed by atoms with Gasteiger partial charge in [0, 0.05) is 32.6 Å². The molecule has 1 fully saturated rings. The average molecular weight is 441 g/mol. The van der Waals surface area contributed by atoms with Gasteiger partial charge in [0.05, 0.1) is 4.90 Å². The van der Waals surface area contributed by atoms with E-state index in [1.54, 1.807) is 29.2 Å². The van der Waals surface area contributed by atoms with Gasteiger partial charge in [0.1, 0.15) is 12.4 Å².